The van der Waals surface area contributed by atoms with Crippen LogP contribution in [0.3, 0.4) is 0 Å². The number of aromatic hydroxyl groups is 2. The lowest BCUT2D eigenvalue weighted by molar-refractivity contribution is -0.0337. The number of nitrogens with one attached hydrogen (secondary N) is 1. The van der Waals surface area contributed by atoms with Gasteiger partial charge in [-0.2, -0.15) is 0 Å². The molecular weight excluding hydrogens is 422 g/mol. The van der Waals surface area contributed by atoms with Crippen molar-refractivity contribution in [2.75, 3.05) is 25.2 Å². The summed E-state index contributed by atoms with van der Waals surface area (Å²) in [5.74, 6) is -1.13. The van der Waals surface area contributed by atoms with Crippen molar-refractivity contribution in [3.8, 4) is 11.5 Å². The first-order chi connectivity index (χ1) is 14.9. The lowest BCUT2D eigenvalue weighted by atomic mass is 9.88. The van der Waals surface area contributed by atoms with Crippen LogP contribution < -0.4 is 16.0 Å². The van der Waals surface area contributed by atoms with E-state index in [4.69, 9.17) is 19.9 Å². The Morgan fingerprint density at radius 1 is 1.31 bits per heavy atom. The minimum Gasteiger partial charge on any atom is -0.505 e. The fourth-order valence-corrected chi connectivity index (χ4v) is 4.81. The van der Waals surface area contributed by atoms with Gasteiger partial charge in [0.2, 0.25) is 0 Å². The van der Waals surface area contributed by atoms with Crippen molar-refractivity contribution >= 4 is 23.6 Å². The highest BCUT2D eigenvalue weighted by atomic mass is 16.6. The molecule has 174 valence electrons. The molecule has 3 aliphatic rings. The second kappa shape index (κ2) is 7.20. The van der Waals surface area contributed by atoms with Crippen LogP contribution in [0.1, 0.15) is 37.8 Å². The summed E-state index contributed by atoms with van der Waals surface area (Å²) in [6, 6.07) is 0.0277. The normalized spacial score (nSPS) is 27.8. The number of phenols is 2. The maximum absolute atomic E-state index is 12.0. The van der Waals surface area contributed by atoms with Crippen LogP contribution in [0.2, 0.25) is 0 Å². The topological polar surface area (TPSA) is 178 Å². The molecule has 12 nitrogen and oxygen atoms in total. The largest absolute Gasteiger partial charge is 0.505 e. The molecule has 32 heavy (non-hydrogen) atoms. The molecule has 2 amide bonds. The van der Waals surface area contributed by atoms with Crippen molar-refractivity contribution in [3.05, 3.63) is 11.1 Å². The fraction of sp³-hybridized carbons (Fsp3) is 0.600. The van der Waals surface area contributed by atoms with Crippen LogP contribution >= 0.6 is 0 Å². The van der Waals surface area contributed by atoms with Crippen LogP contribution in [0.25, 0.3) is 0 Å². The predicted molar refractivity (Wildman–Crippen MR) is 111 cm³/mol. The van der Waals surface area contributed by atoms with E-state index in [1.54, 1.807) is 27.7 Å². The third kappa shape index (κ3) is 3.21. The molecule has 0 saturated carbocycles. The van der Waals surface area contributed by atoms with Gasteiger partial charge in [0.1, 0.15) is 29.4 Å². The van der Waals surface area contributed by atoms with Gasteiger partial charge in [-0.05, 0) is 27.7 Å². The van der Waals surface area contributed by atoms with Crippen molar-refractivity contribution in [3.63, 3.8) is 0 Å². The Labute approximate surface area is 184 Å². The molecule has 2 saturated heterocycles. The van der Waals surface area contributed by atoms with Gasteiger partial charge in [-0.15, -0.1) is 5.11 Å². The summed E-state index contributed by atoms with van der Waals surface area (Å²) in [4.78, 5) is 25.2. The first kappa shape index (κ1) is 22.1. The first-order valence-electron chi connectivity index (χ1n) is 10.2. The van der Waals surface area contributed by atoms with Crippen LogP contribution in [0, 0.1) is 6.92 Å². The van der Waals surface area contributed by atoms with E-state index in [2.05, 4.69) is 15.5 Å². The van der Waals surface area contributed by atoms with Gasteiger partial charge in [0.25, 0.3) is 0 Å². The number of ether oxygens (including phenoxy) is 3. The second-order valence-electron chi connectivity index (χ2n) is 9.11. The van der Waals surface area contributed by atoms with E-state index in [0.717, 1.165) is 0 Å². The number of hydrogen-bond acceptors (Lipinski definition) is 10. The molecule has 0 spiro atoms. The summed E-state index contributed by atoms with van der Waals surface area (Å²) in [5, 5.41) is 32.9. The third-order valence-corrected chi connectivity index (χ3v) is 6.06. The highest BCUT2D eigenvalue weighted by Crippen LogP contribution is 2.64. The summed E-state index contributed by atoms with van der Waals surface area (Å²) in [6.07, 6.45) is -1.92. The van der Waals surface area contributed by atoms with E-state index in [-0.39, 0.29) is 47.0 Å². The summed E-state index contributed by atoms with van der Waals surface area (Å²) >= 11 is 0. The number of anilines is 1. The predicted octanol–water partition coefficient (Wildman–Crippen LogP) is 2.12. The summed E-state index contributed by atoms with van der Waals surface area (Å²) in [5.41, 5.74) is 4.18. The van der Waals surface area contributed by atoms with E-state index in [9.17, 15) is 19.8 Å². The fourth-order valence-electron chi connectivity index (χ4n) is 4.81. The molecule has 1 aromatic carbocycles. The van der Waals surface area contributed by atoms with Crippen molar-refractivity contribution in [2.45, 2.75) is 57.0 Å². The zero-order valence-corrected chi connectivity index (χ0v) is 18.5. The van der Waals surface area contributed by atoms with Crippen LogP contribution in [0.15, 0.2) is 10.2 Å². The van der Waals surface area contributed by atoms with Gasteiger partial charge in [0.05, 0.1) is 17.6 Å². The SMILES string of the molecule is COC12C(COC(N)=O)c3c(O)c(N=NC(=O)OC(C)(C)C)c(C)c(O)c3N1CC1NC12. The molecule has 0 radical (unpaired) electrons. The van der Waals surface area contributed by atoms with Gasteiger partial charge in [0, 0.05) is 30.8 Å². The summed E-state index contributed by atoms with van der Waals surface area (Å²) in [7, 11) is 1.52. The summed E-state index contributed by atoms with van der Waals surface area (Å²) < 4.78 is 16.1. The number of methoxy groups -OCH3 is 1. The molecule has 0 aromatic heterocycles. The maximum atomic E-state index is 12.0. The van der Waals surface area contributed by atoms with E-state index in [0.29, 0.717) is 12.2 Å². The van der Waals surface area contributed by atoms with Gasteiger partial charge in [-0.1, -0.05) is 5.11 Å². The standard InChI is InChI=1S/C20H27N5O7/c1-8-12(23-24-18(29)32-19(2,3)4)15(27)11-9(7-31-17(21)28)20(30-5)16-10(22-16)6-25(20)13(11)14(8)26/h9-10,16,22,26-27H,6-7H2,1-5H3,(H2,21,28). The average molecular weight is 449 g/mol. The van der Waals surface area contributed by atoms with Crippen molar-refractivity contribution < 1.29 is 34.0 Å². The van der Waals surface area contributed by atoms with Crippen LogP contribution in [0.5, 0.6) is 11.5 Å². The van der Waals surface area contributed by atoms with E-state index < -0.39 is 29.4 Å². The molecule has 4 rings (SSSR count). The van der Waals surface area contributed by atoms with Gasteiger partial charge in [0.15, 0.2) is 5.72 Å². The number of hydrogen-bond donors (Lipinski definition) is 4. The van der Waals surface area contributed by atoms with E-state index >= 15 is 0 Å². The highest BCUT2D eigenvalue weighted by molar-refractivity contribution is 5.85. The smallest absolute Gasteiger partial charge is 0.452 e. The monoisotopic (exact) mass is 449 g/mol. The Kier molecular flexibility index (Phi) is 4.97. The van der Waals surface area contributed by atoms with Crippen molar-refractivity contribution in [1.29, 1.82) is 0 Å². The maximum Gasteiger partial charge on any atom is 0.452 e. The number of amides is 2. The van der Waals surface area contributed by atoms with Gasteiger partial charge in [-0.3, -0.25) is 0 Å². The number of primary amides is 1. The number of nitrogens with two attached hydrogens (primary N) is 1. The average Bonchev–Trinajstić information content (AvgIpc) is 3.29. The number of benzene rings is 1. The van der Waals surface area contributed by atoms with Gasteiger partial charge in [-0.25, -0.2) is 9.59 Å². The molecule has 12 heteroatoms. The Bertz CT molecular complexity index is 1020. The quantitative estimate of drug-likeness (QED) is 0.304. The number of carbonyl (C=O) groups is 2. The number of fused-ring (bicyclic) bond motifs is 5. The molecule has 4 unspecified atom stereocenters. The lowest BCUT2D eigenvalue weighted by Crippen LogP contribution is -2.54. The van der Waals surface area contributed by atoms with Crippen LogP contribution in [-0.2, 0) is 14.2 Å². The molecular formula is C20H27N5O7. The molecule has 1 aromatic rings. The molecule has 3 aliphatic heterocycles. The Hall–Kier alpha value is -3.12. The van der Waals surface area contributed by atoms with E-state index in [1.165, 1.54) is 7.11 Å². The van der Waals surface area contributed by atoms with Crippen molar-refractivity contribution in [2.24, 2.45) is 16.0 Å². The number of phenolic OH excluding ortho intramolecular Hbond substituents is 2. The first-order valence-corrected chi connectivity index (χ1v) is 10.2. The molecule has 0 aliphatic carbocycles. The zero-order valence-electron chi connectivity index (χ0n) is 18.5. The van der Waals surface area contributed by atoms with E-state index in [1.807, 2.05) is 4.90 Å². The highest BCUT2D eigenvalue weighted by Gasteiger charge is 2.71. The zero-order chi connectivity index (χ0) is 23.6. The van der Waals surface area contributed by atoms with Crippen LogP contribution in [-0.4, -0.2) is 66.1 Å². The minimum absolute atomic E-state index is 0.0936. The van der Waals surface area contributed by atoms with Gasteiger partial charge >= 0.3 is 12.2 Å². The number of azo groups is 1. The molecule has 2 fully saturated rings. The second-order valence-corrected chi connectivity index (χ2v) is 9.11. The van der Waals surface area contributed by atoms with Crippen LogP contribution in [0.4, 0.5) is 21.0 Å². The Balaban J connectivity index is 1.81. The lowest BCUT2D eigenvalue weighted by Gasteiger charge is -2.38. The molecule has 4 atom stereocenters. The number of nitrogens with zero attached hydrogens (tertiary/aromatic N) is 3. The molecule has 3 heterocycles. The molecule has 5 N–H and O–H groups in total. The van der Waals surface area contributed by atoms with Crippen molar-refractivity contribution in [1.82, 2.24) is 5.32 Å². The van der Waals surface area contributed by atoms with Gasteiger partial charge < -0.3 is 40.4 Å². The molecule has 0 bridgehead atoms. The summed E-state index contributed by atoms with van der Waals surface area (Å²) in [6.45, 7) is 6.93. The Morgan fingerprint density at radius 3 is 2.59 bits per heavy atom. The minimum atomic E-state index is -1.01. The Morgan fingerprint density at radius 2 is 2.00 bits per heavy atom. The third-order valence-electron chi connectivity index (χ3n) is 6.06. The number of rotatable bonds is 4. The number of carbonyl (C=O) groups excluding carboxylic acids is 2. The number of piperazine rings is 1.